The normalized spacial score (nSPS) is 23.1. The summed E-state index contributed by atoms with van der Waals surface area (Å²) in [6, 6.07) is 4.81. The zero-order chi connectivity index (χ0) is 40.7. The van der Waals surface area contributed by atoms with Gasteiger partial charge in [-0.25, -0.2) is 13.1 Å². The Morgan fingerprint density at radius 2 is 1.53 bits per heavy atom. The quantitative estimate of drug-likeness (QED) is 0.171. The predicted molar refractivity (Wildman–Crippen MR) is 210 cm³/mol. The number of rotatable bonds is 17. The number of hydrogen-bond donors (Lipinski definition) is 4. The maximum Gasteiger partial charge on any atom is 0.290 e. The fraction of sp³-hybridized carbons (Fsp3) is 0.707. The van der Waals surface area contributed by atoms with Gasteiger partial charge in [0.15, 0.2) is 5.78 Å². The lowest BCUT2D eigenvalue weighted by Gasteiger charge is -2.38. The average molecular weight is 786 g/mol. The summed E-state index contributed by atoms with van der Waals surface area (Å²) in [5, 5.41) is 8.63. The number of benzene rings is 1. The van der Waals surface area contributed by atoms with E-state index in [4.69, 9.17) is 0 Å². The number of Topliss-reactive ketones (excluding diaryl/α,β-unsaturated/α-hetero) is 2. The van der Waals surface area contributed by atoms with Crippen molar-refractivity contribution in [3.63, 3.8) is 0 Å². The lowest BCUT2D eigenvalue weighted by molar-refractivity contribution is -0.146. The highest BCUT2D eigenvalue weighted by Crippen LogP contribution is 2.43. The molecule has 2 saturated carbocycles. The van der Waals surface area contributed by atoms with E-state index in [-0.39, 0.29) is 30.6 Å². The first-order valence-corrected chi connectivity index (χ1v) is 22.0. The van der Waals surface area contributed by atoms with Gasteiger partial charge in [-0.15, -0.1) is 0 Å². The van der Waals surface area contributed by atoms with Crippen LogP contribution >= 0.6 is 0 Å². The molecule has 1 saturated heterocycles. The molecule has 4 amide bonds. The number of carbonyl (C=O) groups is 6. The molecule has 13 nitrogen and oxygen atoms in total. The smallest absolute Gasteiger partial charge is 0.290 e. The number of fused-ring (bicyclic) bond motifs is 1. The molecule has 2 aliphatic carbocycles. The molecule has 0 unspecified atom stereocenters. The Kier molecular flexibility index (Phi) is 15.2. The molecule has 0 spiro atoms. The van der Waals surface area contributed by atoms with E-state index in [9.17, 15) is 37.2 Å². The molecule has 3 fully saturated rings. The number of carbonyl (C=O) groups excluding carboxylic acids is 6. The molecule has 14 heteroatoms. The Balaban J connectivity index is 1.55. The van der Waals surface area contributed by atoms with Gasteiger partial charge in [0.2, 0.25) is 33.5 Å². The van der Waals surface area contributed by atoms with Gasteiger partial charge < -0.3 is 20.9 Å². The predicted octanol–water partition coefficient (Wildman–Crippen LogP) is 3.97. The van der Waals surface area contributed by atoms with Crippen LogP contribution in [0.15, 0.2) is 30.3 Å². The van der Waals surface area contributed by atoms with Crippen molar-refractivity contribution in [2.24, 2.45) is 29.1 Å². The molecule has 8 atom stereocenters. The first-order valence-electron chi connectivity index (χ1n) is 20.1. The Morgan fingerprint density at radius 1 is 0.873 bits per heavy atom. The Labute approximate surface area is 327 Å². The standard InChI is InChI=1S/C41H63N5O8S/c1-8-16-32(35(48)39(51)42-25(2)27-17-11-9-12-18-27)43-38(50)34-30-22-15-21-29(30)24-46(34)40(52)36(41(4,5)6)44-37(49)31(28-19-13-10-14-20-28)23-33(47)26(3)45-55(7,53)54/h9,11-12,17-18,25-26,28-32,34,36,45H,8,10,13-16,19-24H2,1-7H3,(H,42,51)(H,43,50)(H,44,49)/t25-,26+,29-,30-,31-,32-,34-,36+/m0/s1. The van der Waals surface area contributed by atoms with Crippen molar-refractivity contribution in [3.8, 4) is 0 Å². The van der Waals surface area contributed by atoms with Gasteiger partial charge in [0.05, 0.1) is 24.4 Å². The Bertz CT molecular complexity index is 1660. The van der Waals surface area contributed by atoms with Gasteiger partial charge >= 0.3 is 0 Å². The van der Waals surface area contributed by atoms with Crippen LogP contribution in [-0.4, -0.2) is 85.5 Å². The minimum absolute atomic E-state index is 0.0720. The van der Waals surface area contributed by atoms with E-state index in [1.807, 2.05) is 58.0 Å². The summed E-state index contributed by atoms with van der Waals surface area (Å²) in [4.78, 5) is 84.8. The van der Waals surface area contributed by atoms with E-state index >= 15 is 0 Å². The van der Waals surface area contributed by atoms with Gasteiger partial charge in [0, 0.05) is 18.9 Å². The van der Waals surface area contributed by atoms with Crippen molar-refractivity contribution in [1.29, 1.82) is 0 Å². The van der Waals surface area contributed by atoms with Crippen molar-refractivity contribution >= 4 is 45.2 Å². The number of likely N-dealkylation sites (tertiary alicyclic amines) is 1. The highest BCUT2D eigenvalue weighted by atomic mass is 32.2. The van der Waals surface area contributed by atoms with E-state index in [2.05, 4.69) is 20.7 Å². The SMILES string of the molecule is CCC[C@H](NC(=O)[C@@H]1[C@H]2CCC[C@H]2CN1C(=O)[C@@H](NC(=O)[C@@H](CC(=O)[C@@H](C)NS(C)(=O)=O)C1CCCCC1)C(C)(C)C)C(=O)C(=O)N[C@@H](C)c1ccccc1. The highest BCUT2D eigenvalue weighted by molar-refractivity contribution is 7.88. The van der Waals surface area contributed by atoms with Crippen LogP contribution in [0.4, 0.5) is 0 Å². The molecular formula is C41H63N5O8S. The van der Waals surface area contributed by atoms with E-state index in [0.29, 0.717) is 13.0 Å². The largest absolute Gasteiger partial charge is 0.344 e. The number of amides is 4. The van der Waals surface area contributed by atoms with E-state index in [1.165, 1.54) is 6.92 Å². The minimum atomic E-state index is -3.66. The van der Waals surface area contributed by atoms with Gasteiger partial charge in [-0.3, -0.25) is 28.8 Å². The fourth-order valence-electron chi connectivity index (χ4n) is 8.79. The van der Waals surface area contributed by atoms with Crippen molar-refractivity contribution in [2.75, 3.05) is 12.8 Å². The molecule has 1 aromatic rings. The number of hydrogen-bond acceptors (Lipinski definition) is 8. The third-order valence-electron chi connectivity index (χ3n) is 11.8. The average Bonchev–Trinajstić information content (AvgIpc) is 3.73. The summed E-state index contributed by atoms with van der Waals surface area (Å²) in [5.41, 5.74) is 0.0502. The number of sulfonamides is 1. The van der Waals surface area contributed by atoms with Crippen LogP contribution in [0.1, 0.15) is 124 Å². The summed E-state index contributed by atoms with van der Waals surface area (Å²) in [6.07, 6.45) is 8.38. The van der Waals surface area contributed by atoms with Crippen LogP contribution in [0.5, 0.6) is 0 Å². The van der Waals surface area contributed by atoms with E-state index < -0.39 is 86.8 Å². The van der Waals surface area contributed by atoms with Crippen LogP contribution in [0.3, 0.4) is 0 Å². The number of ketones is 2. The van der Waals surface area contributed by atoms with Gasteiger partial charge in [-0.05, 0) is 74.7 Å². The van der Waals surface area contributed by atoms with Crippen LogP contribution < -0.4 is 20.7 Å². The lowest BCUT2D eigenvalue weighted by atomic mass is 9.76. The van der Waals surface area contributed by atoms with Crippen molar-refractivity contribution in [2.45, 2.75) is 142 Å². The van der Waals surface area contributed by atoms with Crippen LogP contribution in [0.2, 0.25) is 0 Å². The van der Waals surface area contributed by atoms with Crippen LogP contribution in [0.25, 0.3) is 0 Å². The lowest BCUT2D eigenvalue weighted by Crippen LogP contribution is -2.60. The molecule has 4 rings (SSSR count). The molecule has 55 heavy (non-hydrogen) atoms. The first-order chi connectivity index (χ1) is 25.8. The second kappa shape index (κ2) is 19.0. The highest BCUT2D eigenvalue weighted by Gasteiger charge is 2.52. The summed E-state index contributed by atoms with van der Waals surface area (Å²) in [5.74, 6) is -4.23. The fourth-order valence-corrected chi connectivity index (χ4v) is 9.56. The third-order valence-corrected chi connectivity index (χ3v) is 12.6. The van der Waals surface area contributed by atoms with Gasteiger partial charge in [-0.2, -0.15) is 0 Å². The topological polar surface area (TPSA) is 188 Å². The second-order valence-electron chi connectivity index (χ2n) is 17.2. The van der Waals surface area contributed by atoms with Crippen LogP contribution in [0, 0.1) is 29.1 Å². The van der Waals surface area contributed by atoms with Crippen LogP contribution in [-0.2, 0) is 38.8 Å². The van der Waals surface area contributed by atoms with Crippen molar-refractivity contribution in [3.05, 3.63) is 35.9 Å². The van der Waals surface area contributed by atoms with E-state index in [0.717, 1.165) is 63.2 Å². The second-order valence-corrected chi connectivity index (χ2v) is 19.0. The molecule has 0 bridgehead atoms. The summed E-state index contributed by atoms with van der Waals surface area (Å²) in [7, 11) is -3.66. The monoisotopic (exact) mass is 785 g/mol. The first kappa shape index (κ1) is 44.1. The van der Waals surface area contributed by atoms with Gasteiger partial charge in [0.1, 0.15) is 12.1 Å². The van der Waals surface area contributed by atoms with Crippen molar-refractivity contribution < 1.29 is 37.2 Å². The molecule has 306 valence electrons. The molecule has 4 N–H and O–H groups in total. The summed E-state index contributed by atoms with van der Waals surface area (Å²) in [6.45, 7) is 11.0. The summed E-state index contributed by atoms with van der Waals surface area (Å²) < 4.78 is 26.0. The maximum atomic E-state index is 14.7. The Hall–Kier alpha value is -3.65. The molecule has 3 aliphatic rings. The molecule has 0 radical (unpaired) electrons. The van der Waals surface area contributed by atoms with Crippen molar-refractivity contribution in [1.82, 2.24) is 25.6 Å². The zero-order valence-corrected chi connectivity index (χ0v) is 34.5. The molecular weight excluding hydrogens is 723 g/mol. The number of nitrogens with zero attached hydrogens (tertiary/aromatic N) is 1. The summed E-state index contributed by atoms with van der Waals surface area (Å²) >= 11 is 0. The van der Waals surface area contributed by atoms with Gasteiger partial charge in [-0.1, -0.05) is 90.1 Å². The zero-order valence-electron chi connectivity index (χ0n) is 33.7. The third kappa shape index (κ3) is 11.7. The molecule has 1 aliphatic heterocycles. The minimum Gasteiger partial charge on any atom is -0.344 e. The molecule has 1 heterocycles. The van der Waals surface area contributed by atoms with Gasteiger partial charge in [0.25, 0.3) is 5.91 Å². The number of nitrogens with one attached hydrogen (secondary N) is 4. The molecule has 1 aromatic carbocycles. The maximum absolute atomic E-state index is 14.7. The van der Waals surface area contributed by atoms with E-state index in [1.54, 1.807) is 11.8 Å². The Morgan fingerprint density at radius 3 is 2.13 bits per heavy atom. The molecule has 0 aromatic heterocycles.